The molecule has 72 valence electrons. The van der Waals surface area contributed by atoms with Crippen LogP contribution in [0.4, 0.5) is 0 Å². The van der Waals surface area contributed by atoms with Crippen LogP contribution in [-0.2, 0) is 16.0 Å². The third-order valence-corrected chi connectivity index (χ3v) is 2.34. The van der Waals surface area contributed by atoms with Gasteiger partial charge in [0.1, 0.15) is 0 Å². The summed E-state index contributed by atoms with van der Waals surface area (Å²) in [5.41, 5.74) is 1.08. The largest absolute Gasteiger partial charge is 0.346 e. The Bertz CT molecular complexity index is 359. The van der Waals surface area contributed by atoms with E-state index in [1.807, 2.05) is 30.3 Å². The van der Waals surface area contributed by atoms with Gasteiger partial charge in [0.2, 0.25) is 5.91 Å². The Morgan fingerprint density at radius 1 is 1.21 bits per heavy atom. The van der Waals surface area contributed by atoms with Gasteiger partial charge in [-0.3, -0.25) is 9.59 Å². The Labute approximate surface area is 82.1 Å². The van der Waals surface area contributed by atoms with Crippen LogP contribution in [0.25, 0.3) is 0 Å². The number of rotatable bonds is 2. The normalized spacial score (nSPS) is 21.0. The molecule has 3 nitrogen and oxygen atoms in total. The summed E-state index contributed by atoms with van der Waals surface area (Å²) >= 11 is 0. The highest BCUT2D eigenvalue weighted by Crippen LogP contribution is 2.09. The van der Waals surface area contributed by atoms with E-state index in [0.29, 0.717) is 6.42 Å². The molecule has 0 bridgehead atoms. The van der Waals surface area contributed by atoms with Crippen molar-refractivity contribution < 1.29 is 9.59 Å². The SMILES string of the molecule is O=C1CC(=O)[C@@H](Cc2ccccc2)N1. The second-order valence-corrected chi connectivity index (χ2v) is 3.45. The second-order valence-electron chi connectivity index (χ2n) is 3.45. The van der Waals surface area contributed by atoms with Gasteiger partial charge in [0.05, 0.1) is 12.5 Å². The molecule has 1 aromatic carbocycles. The van der Waals surface area contributed by atoms with Gasteiger partial charge < -0.3 is 5.32 Å². The van der Waals surface area contributed by atoms with Crippen LogP contribution in [0.3, 0.4) is 0 Å². The molecule has 1 amide bonds. The molecule has 14 heavy (non-hydrogen) atoms. The summed E-state index contributed by atoms with van der Waals surface area (Å²) in [6.07, 6.45) is 0.642. The van der Waals surface area contributed by atoms with E-state index in [1.54, 1.807) is 0 Å². The van der Waals surface area contributed by atoms with Gasteiger partial charge in [0.15, 0.2) is 5.78 Å². The summed E-state index contributed by atoms with van der Waals surface area (Å²) in [4.78, 5) is 22.2. The van der Waals surface area contributed by atoms with E-state index >= 15 is 0 Å². The van der Waals surface area contributed by atoms with Crippen LogP contribution >= 0.6 is 0 Å². The standard InChI is InChI=1S/C11H11NO2/c13-10-7-11(14)12-9(10)6-8-4-2-1-3-5-8/h1-5,9H,6-7H2,(H,12,14)/t9-/m1/s1. The minimum absolute atomic E-state index is 0.00106. The summed E-state index contributed by atoms with van der Waals surface area (Å²) in [5, 5.41) is 2.66. The Morgan fingerprint density at radius 3 is 2.50 bits per heavy atom. The van der Waals surface area contributed by atoms with E-state index in [1.165, 1.54) is 0 Å². The highest BCUT2D eigenvalue weighted by atomic mass is 16.2. The van der Waals surface area contributed by atoms with Crippen molar-refractivity contribution in [1.82, 2.24) is 5.32 Å². The Hall–Kier alpha value is -1.64. The molecule has 1 N–H and O–H groups in total. The maximum atomic E-state index is 11.3. The van der Waals surface area contributed by atoms with Gasteiger partial charge in [0.25, 0.3) is 0 Å². The lowest BCUT2D eigenvalue weighted by Crippen LogP contribution is -2.31. The predicted molar refractivity (Wildman–Crippen MR) is 51.7 cm³/mol. The first-order valence-corrected chi connectivity index (χ1v) is 4.62. The van der Waals surface area contributed by atoms with Crippen LogP contribution in [0.5, 0.6) is 0 Å². The maximum absolute atomic E-state index is 11.3. The van der Waals surface area contributed by atoms with E-state index in [2.05, 4.69) is 5.32 Å². The average Bonchev–Trinajstić information content (AvgIpc) is 2.47. The zero-order valence-corrected chi connectivity index (χ0v) is 7.69. The number of ketones is 1. The Kier molecular flexibility index (Phi) is 2.31. The first-order chi connectivity index (χ1) is 6.75. The van der Waals surface area contributed by atoms with Crippen LogP contribution < -0.4 is 5.32 Å². The molecule has 0 radical (unpaired) electrons. The molecule has 3 heteroatoms. The number of hydrogen-bond acceptors (Lipinski definition) is 2. The fourth-order valence-corrected chi connectivity index (χ4v) is 1.62. The van der Waals surface area contributed by atoms with Crippen molar-refractivity contribution in [1.29, 1.82) is 0 Å². The summed E-state index contributed by atoms with van der Waals surface area (Å²) < 4.78 is 0. The van der Waals surface area contributed by atoms with Crippen LogP contribution in [0.15, 0.2) is 30.3 Å². The second kappa shape index (κ2) is 3.62. The van der Waals surface area contributed by atoms with E-state index in [9.17, 15) is 9.59 Å². The van der Waals surface area contributed by atoms with Crippen molar-refractivity contribution in [2.45, 2.75) is 18.9 Å². The molecule has 0 saturated carbocycles. The Morgan fingerprint density at radius 2 is 1.93 bits per heavy atom. The first-order valence-electron chi connectivity index (χ1n) is 4.62. The minimum atomic E-state index is -0.315. The molecule has 1 heterocycles. The van der Waals surface area contributed by atoms with Gasteiger partial charge in [-0.1, -0.05) is 30.3 Å². The van der Waals surface area contributed by atoms with E-state index < -0.39 is 0 Å². The van der Waals surface area contributed by atoms with Gasteiger partial charge in [-0.25, -0.2) is 0 Å². The third kappa shape index (κ3) is 1.82. The molecule has 0 aliphatic carbocycles. The van der Waals surface area contributed by atoms with Crippen LogP contribution in [0.2, 0.25) is 0 Å². The van der Waals surface area contributed by atoms with Crippen molar-refractivity contribution in [3.63, 3.8) is 0 Å². The van der Waals surface area contributed by atoms with Crippen LogP contribution in [0.1, 0.15) is 12.0 Å². The number of benzene rings is 1. The molecule has 1 aromatic rings. The fraction of sp³-hybridized carbons (Fsp3) is 0.273. The molecule has 1 aliphatic heterocycles. The van der Waals surface area contributed by atoms with Crippen molar-refractivity contribution in [3.05, 3.63) is 35.9 Å². The third-order valence-electron chi connectivity index (χ3n) is 2.34. The maximum Gasteiger partial charge on any atom is 0.228 e. The number of nitrogens with one attached hydrogen (secondary N) is 1. The number of hydrogen-bond donors (Lipinski definition) is 1. The smallest absolute Gasteiger partial charge is 0.228 e. The molecule has 1 fully saturated rings. The van der Waals surface area contributed by atoms with Gasteiger partial charge in [-0.15, -0.1) is 0 Å². The number of carbonyl (C=O) groups is 2. The van der Waals surface area contributed by atoms with E-state index in [4.69, 9.17) is 0 Å². The van der Waals surface area contributed by atoms with Crippen molar-refractivity contribution >= 4 is 11.7 Å². The molecule has 0 spiro atoms. The zero-order valence-electron chi connectivity index (χ0n) is 7.69. The molecule has 2 rings (SSSR count). The quantitative estimate of drug-likeness (QED) is 0.695. The zero-order chi connectivity index (χ0) is 9.97. The highest BCUT2D eigenvalue weighted by molar-refractivity contribution is 6.07. The van der Waals surface area contributed by atoms with E-state index in [-0.39, 0.29) is 24.2 Å². The topological polar surface area (TPSA) is 46.2 Å². The fourth-order valence-electron chi connectivity index (χ4n) is 1.62. The van der Waals surface area contributed by atoms with Crippen molar-refractivity contribution in [2.24, 2.45) is 0 Å². The molecule has 0 aromatic heterocycles. The average molecular weight is 189 g/mol. The summed E-state index contributed by atoms with van der Waals surface area (Å²) in [6.45, 7) is 0. The van der Waals surface area contributed by atoms with Gasteiger partial charge in [0, 0.05) is 0 Å². The number of carbonyl (C=O) groups excluding carboxylic acids is 2. The molecular formula is C11H11NO2. The van der Waals surface area contributed by atoms with Gasteiger partial charge in [-0.05, 0) is 12.0 Å². The molecule has 1 aliphatic rings. The molecular weight excluding hydrogens is 178 g/mol. The monoisotopic (exact) mass is 189 g/mol. The lowest BCUT2D eigenvalue weighted by atomic mass is 10.0. The summed E-state index contributed by atoms with van der Waals surface area (Å²) in [5.74, 6) is -0.158. The lowest BCUT2D eigenvalue weighted by Gasteiger charge is -2.07. The number of Topliss-reactive ketones (excluding diaryl/α,β-unsaturated/α-hetero) is 1. The predicted octanol–water partition coefficient (Wildman–Crippen LogP) is 0.687. The van der Waals surface area contributed by atoms with Crippen LogP contribution in [0, 0.1) is 0 Å². The minimum Gasteiger partial charge on any atom is -0.346 e. The Balaban J connectivity index is 2.05. The summed E-state index contributed by atoms with van der Waals surface area (Å²) in [7, 11) is 0. The van der Waals surface area contributed by atoms with Crippen LogP contribution in [-0.4, -0.2) is 17.7 Å². The van der Waals surface area contributed by atoms with Gasteiger partial charge in [-0.2, -0.15) is 0 Å². The summed E-state index contributed by atoms with van der Waals surface area (Å²) in [6, 6.07) is 9.38. The lowest BCUT2D eigenvalue weighted by molar-refractivity contribution is -0.122. The number of amides is 1. The molecule has 0 unspecified atom stereocenters. The van der Waals surface area contributed by atoms with Gasteiger partial charge >= 0.3 is 0 Å². The van der Waals surface area contributed by atoms with E-state index in [0.717, 1.165) is 5.56 Å². The molecule has 1 atom stereocenters. The molecule has 1 saturated heterocycles. The highest BCUT2D eigenvalue weighted by Gasteiger charge is 2.29. The van der Waals surface area contributed by atoms with Crippen molar-refractivity contribution in [2.75, 3.05) is 0 Å². The first kappa shape index (κ1) is 8.94. The van der Waals surface area contributed by atoms with Crippen molar-refractivity contribution in [3.8, 4) is 0 Å².